The Labute approximate surface area is 154 Å². The molecule has 1 aromatic carbocycles. The summed E-state index contributed by atoms with van der Waals surface area (Å²) in [4.78, 5) is 24.0. The van der Waals surface area contributed by atoms with Crippen LogP contribution in [0.15, 0.2) is 24.3 Å². The molecule has 0 spiro atoms. The van der Waals surface area contributed by atoms with Crippen LogP contribution in [0.3, 0.4) is 0 Å². The van der Waals surface area contributed by atoms with Gasteiger partial charge in [0.1, 0.15) is 0 Å². The van der Waals surface area contributed by atoms with Crippen molar-refractivity contribution in [2.24, 2.45) is 11.8 Å². The summed E-state index contributed by atoms with van der Waals surface area (Å²) in [6.07, 6.45) is 7.37. The highest BCUT2D eigenvalue weighted by molar-refractivity contribution is 5.95. The minimum absolute atomic E-state index is 0. The summed E-state index contributed by atoms with van der Waals surface area (Å²) in [5.41, 5.74) is 1.58. The van der Waals surface area contributed by atoms with E-state index >= 15 is 0 Å². The topological polar surface area (TPSA) is 70.2 Å². The third-order valence-electron chi connectivity index (χ3n) is 5.43. The van der Waals surface area contributed by atoms with E-state index in [0.29, 0.717) is 24.4 Å². The molecule has 2 aliphatic heterocycles. The third-order valence-corrected chi connectivity index (χ3v) is 5.43. The van der Waals surface area contributed by atoms with E-state index in [1.807, 2.05) is 24.3 Å². The lowest BCUT2D eigenvalue weighted by Crippen LogP contribution is -2.39. The molecule has 2 bridgehead atoms. The molecule has 0 aromatic heterocycles. The summed E-state index contributed by atoms with van der Waals surface area (Å²) in [7, 11) is 0. The van der Waals surface area contributed by atoms with Crippen molar-refractivity contribution >= 4 is 35.6 Å². The van der Waals surface area contributed by atoms with Crippen LogP contribution < -0.4 is 16.0 Å². The van der Waals surface area contributed by atoms with E-state index in [9.17, 15) is 9.59 Å². The highest BCUT2D eigenvalue weighted by atomic mass is 35.5. The second-order valence-electron chi connectivity index (χ2n) is 7.57. The number of carbonyl (C=O) groups is 2. The van der Waals surface area contributed by atoms with Crippen molar-refractivity contribution in [1.82, 2.24) is 5.32 Å². The first kappa shape index (κ1) is 18.2. The highest BCUT2D eigenvalue weighted by Gasteiger charge is 2.34. The van der Waals surface area contributed by atoms with Gasteiger partial charge in [0.25, 0.3) is 0 Å². The van der Waals surface area contributed by atoms with Crippen LogP contribution in [0, 0.1) is 11.8 Å². The second-order valence-corrected chi connectivity index (χ2v) is 7.57. The van der Waals surface area contributed by atoms with E-state index in [1.54, 1.807) is 0 Å². The van der Waals surface area contributed by atoms with E-state index in [2.05, 4.69) is 16.0 Å². The molecule has 0 radical (unpaired) electrons. The number of nitrogens with one attached hydrogen (secondary N) is 3. The van der Waals surface area contributed by atoms with E-state index in [-0.39, 0.29) is 30.1 Å². The van der Waals surface area contributed by atoms with E-state index < -0.39 is 0 Å². The van der Waals surface area contributed by atoms with Gasteiger partial charge < -0.3 is 16.0 Å². The van der Waals surface area contributed by atoms with Crippen LogP contribution in [-0.4, -0.2) is 23.9 Å². The monoisotopic (exact) mass is 363 g/mol. The third kappa shape index (κ3) is 4.73. The van der Waals surface area contributed by atoms with Crippen molar-refractivity contribution in [3.8, 4) is 0 Å². The molecule has 3 N–H and O–H groups in total. The summed E-state index contributed by atoms with van der Waals surface area (Å²) < 4.78 is 0. The first-order valence-electron chi connectivity index (χ1n) is 9.12. The largest absolute Gasteiger partial charge is 0.326 e. The van der Waals surface area contributed by atoms with E-state index in [4.69, 9.17) is 0 Å². The zero-order valence-corrected chi connectivity index (χ0v) is 15.1. The summed E-state index contributed by atoms with van der Waals surface area (Å²) in [5, 5.41) is 9.50. The smallest absolute Gasteiger partial charge is 0.227 e. The molecule has 3 fully saturated rings. The van der Waals surface area contributed by atoms with Crippen LogP contribution in [0.25, 0.3) is 0 Å². The van der Waals surface area contributed by atoms with Gasteiger partial charge in [0.05, 0.1) is 0 Å². The van der Waals surface area contributed by atoms with Gasteiger partial charge in [-0.25, -0.2) is 0 Å². The van der Waals surface area contributed by atoms with Crippen LogP contribution in [-0.2, 0) is 9.59 Å². The second kappa shape index (κ2) is 7.75. The van der Waals surface area contributed by atoms with Gasteiger partial charge >= 0.3 is 0 Å². The molecule has 2 unspecified atom stereocenters. The Morgan fingerprint density at radius 2 is 1.48 bits per heavy atom. The van der Waals surface area contributed by atoms with Gasteiger partial charge in [0, 0.05) is 35.8 Å². The van der Waals surface area contributed by atoms with E-state index in [1.165, 1.54) is 12.8 Å². The minimum atomic E-state index is 0. The number of anilines is 2. The maximum Gasteiger partial charge on any atom is 0.227 e. The van der Waals surface area contributed by atoms with Gasteiger partial charge in [-0.2, -0.15) is 0 Å². The minimum Gasteiger partial charge on any atom is -0.326 e. The van der Waals surface area contributed by atoms with Crippen LogP contribution in [0.2, 0.25) is 0 Å². The van der Waals surface area contributed by atoms with E-state index in [0.717, 1.165) is 37.1 Å². The normalized spacial score (nSPS) is 27.3. The molecule has 1 aliphatic carbocycles. The van der Waals surface area contributed by atoms with Crippen molar-refractivity contribution in [2.75, 3.05) is 10.6 Å². The molecule has 25 heavy (non-hydrogen) atoms. The molecule has 2 atom stereocenters. The Morgan fingerprint density at radius 1 is 0.920 bits per heavy atom. The molecule has 6 heteroatoms. The van der Waals surface area contributed by atoms with Crippen LogP contribution >= 0.6 is 12.4 Å². The Bertz CT molecular complexity index is 618. The SMILES string of the molecule is Cl.O=C(CC1CC2CCC(C1)N2)Nc1ccc(NC(=O)C2CC2)cc1. The van der Waals surface area contributed by atoms with Crippen LogP contribution in [0.4, 0.5) is 11.4 Å². The van der Waals surface area contributed by atoms with Crippen molar-refractivity contribution in [3.63, 3.8) is 0 Å². The first-order chi connectivity index (χ1) is 11.7. The molecule has 1 saturated carbocycles. The summed E-state index contributed by atoms with van der Waals surface area (Å²) in [5.74, 6) is 0.897. The summed E-state index contributed by atoms with van der Waals surface area (Å²) in [6, 6.07) is 8.65. The standard InChI is InChI=1S/C19H25N3O2.ClH/c23-18(11-12-9-16-7-8-17(10-12)20-16)21-14-3-5-15(6-4-14)22-19(24)13-1-2-13;/h3-6,12-13,16-17,20H,1-2,7-11H2,(H,21,23)(H,22,24);1H. The van der Waals surface area contributed by atoms with Crippen LogP contribution in [0.5, 0.6) is 0 Å². The molecule has 136 valence electrons. The molecule has 2 amide bonds. The number of benzene rings is 1. The van der Waals surface area contributed by atoms with Gasteiger partial charge in [0.2, 0.25) is 11.8 Å². The fourth-order valence-corrected chi connectivity index (χ4v) is 4.04. The quantitative estimate of drug-likeness (QED) is 0.751. The Hall–Kier alpha value is -1.59. The highest BCUT2D eigenvalue weighted by Crippen LogP contribution is 2.33. The predicted molar refractivity (Wildman–Crippen MR) is 101 cm³/mol. The van der Waals surface area contributed by atoms with Gasteiger partial charge in [-0.3, -0.25) is 9.59 Å². The molecule has 2 saturated heterocycles. The molecule has 3 aliphatic rings. The fourth-order valence-electron chi connectivity index (χ4n) is 4.04. The number of carbonyl (C=O) groups excluding carboxylic acids is 2. The number of amides is 2. The van der Waals surface area contributed by atoms with Crippen molar-refractivity contribution < 1.29 is 9.59 Å². The summed E-state index contributed by atoms with van der Waals surface area (Å²) in [6.45, 7) is 0. The average Bonchev–Trinajstić information content (AvgIpc) is 3.35. The van der Waals surface area contributed by atoms with Crippen molar-refractivity contribution in [2.45, 2.75) is 57.0 Å². The Morgan fingerprint density at radius 3 is 2.04 bits per heavy atom. The van der Waals surface area contributed by atoms with Crippen molar-refractivity contribution in [3.05, 3.63) is 24.3 Å². The zero-order chi connectivity index (χ0) is 16.5. The van der Waals surface area contributed by atoms with Crippen molar-refractivity contribution in [1.29, 1.82) is 0 Å². The summed E-state index contributed by atoms with van der Waals surface area (Å²) >= 11 is 0. The molecule has 1 aromatic rings. The van der Waals surface area contributed by atoms with Gasteiger partial charge in [-0.15, -0.1) is 12.4 Å². The molecule has 5 nitrogen and oxygen atoms in total. The number of hydrogen-bond acceptors (Lipinski definition) is 3. The number of rotatable bonds is 5. The van der Waals surface area contributed by atoms with Gasteiger partial charge in [-0.05, 0) is 68.7 Å². The number of piperidine rings is 1. The average molecular weight is 364 g/mol. The Balaban J connectivity index is 0.00000182. The molecular formula is C19H26ClN3O2. The number of halogens is 1. The fraction of sp³-hybridized carbons (Fsp3) is 0.579. The number of hydrogen-bond donors (Lipinski definition) is 3. The molecule has 2 heterocycles. The predicted octanol–water partition coefficient (Wildman–Crippen LogP) is 3.32. The zero-order valence-electron chi connectivity index (χ0n) is 14.3. The maximum absolute atomic E-state index is 12.3. The lowest BCUT2D eigenvalue weighted by molar-refractivity contribution is -0.118. The first-order valence-corrected chi connectivity index (χ1v) is 9.12. The van der Waals surface area contributed by atoms with Crippen LogP contribution in [0.1, 0.15) is 44.9 Å². The number of fused-ring (bicyclic) bond motifs is 2. The molecular weight excluding hydrogens is 338 g/mol. The Kier molecular flexibility index (Phi) is 5.64. The molecule has 4 rings (SSSR count). The van der Waals surface area contributed by atoms with Gasteiger partial charge in [-0.1, -0.05) is 0 Å². The lowest BCUT2D eigenvalue weighted by Gasteiger charge is -2.28. The van der Waals surface area contributed by atoms with Gasteiger partial charge in [0.15, 0.2) is 0 Å². The maximum atomic E-state index is 12.3. The lowest BCUT2D eigenvalue weighted by atomic mass is 9.89.